The van der Waals surface area contributed by atoms with Crippen molar-refractivity contribution >= 4 is 21.6 Å². The van der Waals surface area contributed by atoms with Crippen molar-refractivity contribution in [3.63, 3.8) is 0 Å². The van der Waals surface area contributed by atoms with Crippen LogP contribution in [-0.4, -0.2) is 52.5 Å². The number of nitrogens with two attached hydrogens (primary N) is 1. The monoisotopic (exact) mass is 393 g/mol. The summed E-state index contributed by atoms with van der Waals surface area (Å²) in [6.07, 6.45) is 0. The number of para-hydroxylation sites is 2. The van der Waals surface area contributed by atoms with Gasteiger partial charge in [-0.3, -0.25) is 4.79 Å². The number of aryl methyl sites for hydroxylation is 2. The Balaban J connectivity index is 1.81. The summed E-state index contributed by atoms with van der Waals surface area (Å²) in [6.45, 7) is 5.16. The van der Waals surface area contributed by atoms with Gasteiger partial charge in [0, 0.05) is 26.2 Å². The van der Waals surface area contributed by atoms with Crippen LogP contribution in [0.4, 0.5) is 5.69 Å². The van der Waals surface area contributed by atoms with Gasteiger partial charge in [-0.1, -0.05) is 12.1 Å². The molecule has 0 unspecified atom stereocenters. The number of hydrogen-bond donors (Lipinski definition) is 1. The van der Waals surface area contributed by atoms with E-state index in [1.165, 1.54) is 6.92 Å². The van der Waals surface area contributed by atoms with Gasteiger partial charge in [-0.05, 0) is 26.0 Å². The molecule has 0 bridgehead atoms. The first-order valence-electron chi connectivity index (χ1n) is 8.54. The van der Waals surface area contributed by atoms with Crippen molar-refractivity contribution in [2.75, 3.05) is 38.2 Å². The van der Waals surface area contributed by atoms with E-state index in [-0.39, 0.29) is 27.9 Å². The van der Waals surface area contributed by atoms with Gasteiger partial charge in [0.15, 0.2) is 0 Å². The summed E-state index contributed by atoms with van der Waals surface area (Å²) in [6, 6.07) is 7.70. The Labute approximate surface area is 158 Å². The number of primary sulfonamides is 1. The first-order chi connectivity index (χ1) is 12.7. The highest BCUT2D eigenvalue weighted by Crippen LogP contribution is 2.30. The van der Waals surface area contributed by atoms with Crippen molar-refractivity contribution in [2.45, 2.75) is 18.7 Å². The molecule has 9 heteroatoms. The number of anilines is 1. The molecule has 2 N–H and O–H groups in total. The summed E-state index contributed by atoms with van der Waals surface area (Å²) in [7, 11) is -2.44. The fourth-order valence-corrected chi connectivity index (χ4v) is 4.41. The number of nitrogens with zero attached hydrogens (tertiary/aromatic N) is 2. The molecule has 0 saturated carbocycles. The topological polar surface area (TPSA) is 106 Å². The molecule has 0 atom stereocenters. The first kappa shape index (κ1) is 19.2. The Morgan fingerprint density at radius 3 is 2.33 bits per heavy atom. The zero-order chi connectivity index (χ0) is 19.8. The van der Waals surface area contributed by atoms with E-state index in [0.717, 1.165) is 11.4 Å². The number of hydrogen-bond acceptors (Lipinski definition) is 6. The number of benzene rings is 1. The fraction of sp³-hybridized carbons (Fsp3) is 0.389. The number of ether oxygens (including phenoxy) is 1. The SMILES string of the molecule is COc1ccccc1N1CCN(C(=O)c2c(C)oc(C)c2S(N)(=O)=O)CC1. The third kappa shape index (κ3) is 3.65. The highest BCUT2D eigenvalue weighted by atomic mass is 32.2. The molecule has 27 heavy (non-hydrogen) atoms. The molecular formula is C18H23N3O5S. The van der Waals surface area contributed by atoms with Gasteiger partial charge >= 0.3 is 0 Å². The summed E-state index contributed by atoms with van der Waals surface area (Å²) in [5, 5.41) is 5.29. The number of piperazine rings is 1. The van der Waals surface area contributed by atoms with Crippen molar-refractivity contribution in [3.8, 4) is 5.75 Å². The van der Waals surface area contributed by atoms with Gasteiger partial charge in [-0.15, -0.1) is 0 Å². The number of furan rings is 1. The molecule has 1 aromatic carbocycles. The highest BCUT2D eigenvalue weighted by molar-refractivity contribution is 7.89. The van der Waals surface area contributed by atoms with Crippen molar-refractivity contribution in [1.82, 2.24) is 4.90 Å². The van der Waals surface area contributed by atoms with Crippen LogP contribution in [0.25, 0.3) is 0 Å². The van der Waals surface area contributed by atoms with Gasteiger partial charge in [0.05, 0.1) is 12.8 Å². The number of rotatable bonds is 4. The van der Waals surface area contributed by atoms with Crippen LogP contribution in [0.3, 0.4) is 0 Å². The van der Waals surface area contributed by atoms with E-state index in [4.69, 9.17) is 14.3 Å². The van der Waals surface area contributed by atoms with E-state index < -0.39 is 10.0 Å². The van der Waals surface area contributed by atoms with E-state index in [1.807, 2.05) is 24.3 Å². The number of sulfonamides is 1. The van der Waals surface area contributed by atoms with Gasteiger partial charge in [-0.25, -0.2) is 13.6 Å². The molecule has 1 aliphatic heterocycles. The summed E-state index contributed by atoms with van der Waals surface area (Å²) in [5.74, 6) is 0.780. The van der Waals surface area contributed by atoms with Gasteiger partial charge in [-0.2, -0.15) is 0 Å². The summed E-state index contributed by atoms with van der Waals surface area (Å²) < 4.78 is 34.6. The van der Waals surface area contributed by atoms with Gasteiger partial charge < -0.3 is 19.0 Å². The second-order valence-electron chi connectivity index (χ2n) is 6.41. The zero-order valence-corrected chi connectivity index (χ0v) is 16.4. The molecule has 0 radical (unpaired) electrons. The van der Waals surface area contributed by atoms with E-state index in [1.54, 1.807) is 18.9 Å². The molecule has 1 fully saturated rings. The zero-order valence-electron chi connectivity index (χ0n) is 15.6. The Hall–Kier alpha value is -2.52. The van der Waals surface area contributed by atoms with Gasteiger partial charge in [0.25, 0.3) is 5.91 Å². The maximum atomic E-state index is 13.0. The average molecular weight is 393 g/mol. The molecule has 8 nitrogen and oxygen atoms in total. The van der Waals surface area contributed by atoms with Gasteiger partial charge in [0.2, 0.25) is 10.0 Å². The predicted molar refractivity (Wildman–Crippen MR) is 101 cm³/mol. The van der Waals surface area contributed by atoms with Crippen molar-refractivity contribution < 1.29 is 22.4 Å². The minimum atomic E-state index is -4.06. The van der Waals surface area contributed by atoms with Crippen LogP contribution in [-0.2, 0) is 10.0 Å². The lowest BCUT2D eigenvalue weighted by atomic mass is 10.1. The highest BCUT2D eigenvalue weighted by Gasteiger charge is 2.32. The minimum absolute atomic E-state index is 0.0285. The molecular weight excluding hydrogens is 370 g/mol. The maximum absolute atomic E-state index is 13.0. The van der Waals surface area contributed by atoms with Crippen LogP contribution in [0.5, 0.6) is 5.75 Å². The third-order valence-electron chi connectivity index (χ3n) is 4.70. The molecule has 0 aliphatic carbocycles. The second-order valence-corrected chi connectivity index (χ2v) is 7.91. The van der Waals surface area contributed by atoms with Crippen molar-refractivity contribution in [3.05, 3.63) is 41.3 Å². The van der Waals surface area contributed by atoms with E-state index >= 15 is 0 Å². The second kappa shape index (κ2) is 7.24. The molecule has 3 rings (SSSR count). The minimum Gasteiger partial charge on any atom is -0.495 e. The number of carbonyl (C=O) groups excluding carboxylic acids is 1. The third-order valence-corrected chi connectivity index (χ3v) is 5.76. The Morgan fingerprint density at radius 1 is 1.11 bits per heavy atom. The van der Waals surface area contributed by atoms with Crippen LogP contribution in [0.15, 0.2) is 33.6 Å². The predicted octanol–water partition coefficient (Wildman–Crippen LogP) is 1.51. The normalized spacial score (nSPS) is 15.1. The molecule has 0 spiro atoms. The molecule has 1 saturated heterocycles. The fourth-order valence-electron chi connectivity index (χ4n) is 3.45. The quantitative estimate of drug-likeness (QED) is 0.844. The molecule has 2 aromatic rings. The van der Waals surface area contributed by atoms with Crippen molar-refractivity contribution in [2.24, 2.45) is 5.14 Å². The lowest BCUT2D eigenvalue weighted by Crippen LogP contribution is -2.49. The van der Waals surface area contributed by atoms with Crippen LogP contribution in [0, 0.1) is 13.8 Å². The number of amides is 1. The Bertz CT molecular complexity index is 959. The maximum Gasteiger partial charge on any atom is 0.258 e. The average Bonchev–Trinajstić information content (AvgIpc) is 2.95. The smallest absolute Gasteiger partial charge is 0.258 e. The summed E-state index contributed by atoms with van der Waals surface area (Å²) in [4.78, 5) is 16.5. The lowest BCUT2D eigenvalue weighted by molar-refractivity contribution is 0.0741. The molecule has 1 aliphatic rings. The van der Waals surface area contributed by atoms with Crippen LogP contribution < -0.4 is 14.8 Å². The van der Waals surface area contributed by atoms with Crippen LogP contribution in [0.2, 0.25) is 0 Å². The molecule has 2 heterocycles. The standard InChI is InChI=1S/C18H23N3O5S/c1-12-16(17(13(2)26-12)27(19,23)24)18(22)21-10-8-20(9-11-21)14-6-4-5-7-15(14)25-3/h4-7H,8-11H2,1-3H3,(H2,19,23,24). The largest absolute Gasteiger partial charge is 0.495 e. The van der Waals surface area contributed by atoms with E-state index in [2.05, 4.69) is 4.90 Å². The summed E-state index contributed by atoms with van der Waals surface area (Å²) in [5.41, 5.74) is 0.994. The van der Waals surface area contributed by atoms with Crippen LogP contribution in [0.1, 0.15) is 21.9 Å². The van der Waals surface area contributed by atoms with Gasteiger partial charge in [0.1, 0.15) is 27.7 Å². The Kier molecular flexibility index (Phi) is 5.16. The number of carbonyl (C=O) groups is 1. The first-order valence-corrected chi connectivity index (χ1v) is 10.1. The lowest BCUT2D eigenvalue weighted by Gasteiger charge is -2.36. The summed E-state index contributed by atoms with van der Waals surface area (Å²) >= 11 is 0. The van der Waals surface area contributed by atoms with E-state index in [9.17, 15) is 13.2 Å². The Morgan fingerprint density at radius 2 is 1.74 bits per heavy atom. The number of methoxy groups -OCH3 is 1. The molecule has 1 amide bonds. The molecule has 146 valence electrons. The van der Waals surface area contributed by atoms with Crippen LogP contribution >= 0.6 is 0 Å². The molecule has 1 aromatic heterocycles. The van der Waals surface area contributed by atoms with Crippen molar-refractivity contribution in [1.29, 1.82) is 0 Å². The van der Waals surface area contributed by atoms with E-state index in [0.29, 0.717) is 26.2 Å².